The molecule has 1 aliphatic rings. The first-order valence-corrected chi connectivity index (χ1v) is 10.2. The third kappa shape index (κ3) is 5.67. The molecule has 0 radical (unpaired) electrons. The molecule has 7 heteroatoms. The number of amides is 2. The lowest BCUT2D eigenvalue weighted by atomic mass is 9.99. The number of nitrogens with one attached hydrogen (secondary N) is 2. The lowest BCUT2D eigenvalue weighted by Gasteiger charge is -2.16. The first-order chi connectivity index (χ1) is 14.5. The Hall–Kier alpha value is -3.19. The van der Waals surface area contributed by atoms with Gasteiger partial charge in [0.25, 0.3) is 11.8 Å². The smallest absolute Gasteiger partial charge is 0.263 e. The van der Waals surface area contributed by atoms with Crippen molar-refractivity contribution < 1.29 is 19.1 Å². The van der Waals surface area contributed by atoms with Gasteiger partial charge in [0.2, 0.25) is 0 Å². The third-order valence-corrected chi connectivity index (χ3v) is 5.02. The van der Waals surface area contributed by atoms with Crippen LogP contribution in [0.25, 0.3) is 6.08 Å². The lowest BCUT2D eigenvalue weighted by molar-refractivity contribution is -0.123. The van der Waals surface area contributed by atoms with Crippen molar-refractivity contribution in [1.29, 1.82) is 0 Å². The van der Waals surface area contributed by atoms with E-state index in [1.54, 1.807) is 24.3 Å². The van der Waals surface area contributed by atoms with Crippen LogP contribution in [-0.2, 0) is 9.59 Å². The second-order valence-electron chi connectivity index (χ2n) is 6.94. The molecule has 2 aromatic rings. The molecule has 1 atom stereocenters. The van der Waals surface area contributed by atoms with E-state index in [0.29, 0.717) is 30.4 Å². The molecule has 156 valence electrons. The standard InChI is InChI=1S/C23H24N2O4S/c1-3-15(2)17-6-10-19(11-7-17)29-13-12-28-18-8-4-16(5-9-18)14-20-21(26)24-23(30)25-22(20)27/h4-11,14-15H,3,12-13H2,1-2H3,(H2,24,25,26,27,30). The third-order valence-electron chi connectivity index (χ3n) is 4.82. The molecule has 1 aliphatic heterocycles. The second kappa shape index (κ2) is 10.0. The van der Waals surface area contributed by atoms with Gasteiger partial charge in [-0.3, -0.25) is 20.2 Å². The van der Waals surface area contributed by atoms with E-state index in [2.05, 4.69) is 36.6 Å². The summed E-state index contributed by atoms with van der Waals surface area (Å²) in [6.07, 6.45) is 2.61. The van der Waals surface area contributed by atoms with Crippen LogP contribution in [-0.4, -0.2) is 30.1 Å². The first kappa shape index (κ1) is 21.5. The van der Waals surface area contributed by atoms with E-state index in [1.807, 2.05) is 12.1 Å². The number of hydrogen-bond acceptors (Lipinski definition) is 5. The summed E-state index contributed by atoms with van der Waals surface area (Å²) in [4.78, 5) is 23.8. The minimum atomic E-state index is -0.515. The molecule has 1 fully saturated rings. The lowest BCUT2D eigenvalue weighted by Crippen LogP contribution is -2.51. The fourth-order valence-electron chi connectivity index (χ4n) is 2.88. The van der Waals surface area contributed by atoms with E-state index in [1.165, 1.54) is 11.6 Å². The van der Waals surface area contributed by atoms with E-state index in [4.69, 9.17) is 21.7 Å². The Morgan fingerprint density at radius 1 is 0.900 bits per heavy atom. The highest BCUT2D eigenvalue weighted by molar-refractivity contribution is 7.80. The fourth-order valence-corrected chi connectivity index (χ4v) is 3.07. The number of rotatable bonds is 8. The van der Waals surface area contributed by atoms with Crippen molar-refractivity contribution >= 4 is 35.2 Å². The highest BCUT2D eigenvalue weighted by Gasteiger charge is 2.25. The fraction of sp³-hybridized carbons (Fsp3) is 0.261. The summed E-state index contributed by atoms with van der Waals surface area (Å²) in [6, 6.07) is 15.2. The maximum absolute atomic E-state index is 11.9. The van der Waals surface area contributed by atoms with Gasteiger partial charge in [0, 0.05) is 0 Å². The Morgan fingerprint density at radius 3 is 1.90 bits per heavy atom. The van der Waals surface area contributed by atoms with Crippen molar-refractivity contribution in [1.82, 2.24) is 10.6 Å². The Kier molecular flexibility index (Phi) is 7.19. The van der Waals surface area contributed by atoms with E-state index in [9.17, 15) is 9.59 Å². The number of benzene rings is 2. The number of thiocarbonyl (C=S) groups is 1. The molecule has 1 unspecified atom stereocenters. The van der Waals surface area contributed by atoms with Gasteiger partial charge in [0.05, 0.1) is 0 Å². The van der Waals surface area contributed by atoms with Gasteiger partial charge in [0.15, 0.2) is 5.11 Å². The maximum Gasteiger partial charge on any atom is 0.263 e. The second-order valence-corrected chi connectivity index (χ2v) is 7.35. The average molecular weight is 425 g/mol. The van der Waals surface area contributed by atoms with Gasteiger partial charge in [-0.15, -0.1) is 0 Å². The molecule has 2 aromatic carbocycles. The summed E-state index contributed by atoms with van der Waals surface area (Å²) >= 11 is 4.78. The van der Waals surface area contributed by atoms with E-state index < -0.39 is 11.8 Å². The minimum absolute atomic E-state index is 0.00465. The zero-order chi connectivity index (χ0) is 21.5. The summed E-state index contributed by atoms with van der Waals surface area (Å²) in [5, 5.41) is 4.82. The molecule has 0 aromatic heterocycles. The van der Waals surface area contributed by atoms with Crippen LogP contribution in [0.1, 0.15) is 37.3 Å². The molecule has 6 nitrogen and oxygen atoms in total. The summed E-state index contributed by atoms with van der Waals surface area (Å²) in [5.41, 5.74) is 2.01. The van der Waals surface area contributed by atoms with Crippen molar-refractivity contribution in [3.63, 3.8) is 0 Å². The predicted octanol–water partition coefficient (Wildman–Crippen LogP) is 3.57. The normalized spacial score (nSPS) is 14.6. The number of hydrogen-bond donors (Lipinski definition) is 2. The largest absolute Gasteiger partial charge is 0.490 e. The molecular formula is C23H24N2O4S. The van der Waals surface area contributed by atoms with Crippen LogP contribution < -0.4 is 20.1 Å². The van der Waals surface area contributed by atoms with E-state index in [-0.39, 0.29) is 10.7 Å². The van der Waals surface area contributed by atoms with Crippen LogP contribution in [0.15, 0.2) is 54.1 Å². The molecule has 0 saturated carbocycles. The topological polar surface area (TPSA) is 76.7 Å². The van der Waals surface area contributed by atoms with Crippen molar-refractivity contribution in [2.45, 2.75) is 26.2 Å². The number of carbonyl (C=O) groups excluding carboxylic acids is 2. The molecule has 2 amide bonds. The van der Waals surface area contributed by atoms with Crippen molar-refractivity contribution in [3.05, 3.63) is 65.2 Å². The van der Waals surface area contributed by atoms with Crippen LogP contribution in [0.4, 0.5) is 0 Å². The molecule has 3 rings (SSSR count). The monoisotopic (exact) mass is 424 g/mol. The summed E-state index contributed by atoms with van der Waals surface area (Å²) < 4.78 is 11.4. The Balaban J connectivity index is 1.48. The Morgan fingerprint density at radius 2 is 1.40 bits per heavy atom. The zero-order valence-electron chi connectivity index (χ0n) is 16.9. The molecule has 1 heterocycles. The predicted molar refractivity (Wildman–Crippen MR) is 119 cm³/mol. The van der Waals surface area contributed by atoms with Gasteiger partial charge >= 0.3 is 0 Å². The highest BCUT2D eigenvalue weighted by Crippen LogP contribution is 2.21. The van der Waals surface area contributed by atoms with E-state index >= 15 is 0 Å². The van der Waals surface area contributed by atoms with Gasteiger partial charge < -0.3 is 9.47 Å². The minimum Gasteiger partial charge on any atom is -0.490 e. The van der Waals surface area contributed by atoms with Crippen LogP contribution in [0, 0.1) is 0 Å². The Bertz CT molecular complexity index is 930. The van der Waals surface area contributed by atoms with Crippen molar-refractivity contribution in [3.8, 4) is 11.5 Å². The molecule has 0 bridgehead atoms. The quantitative estimate of drug-likeness (QED) is 0.293. The van der Waals surface area contributed by atoms with Crippen molar-refractivity contribution in [2.75, 3.05) is 13.2 Å². The summed E-state index contributed by atoms with van der Waals surface area (Å²) in [6.45, 7) is 5.21. The van der Waals surface area contributed by atoms with Gasteiger partial charge in [-0.05, 0) is 66.0 Å². The molecule has 1 saturated heterocycles. The molecule has 2 N–H and O–H groups in total. The number of ether oxygens (including phenoxy) is 2. The molecule has 0 spiro atoms. The molecular weight excluding hydrogens is 400 g/mol. The highest BCUT2D eigenvalue weighted by atomic mass is 32.1. The zero-order valence-corrected chi connectivity index (χ0v) is 17.8. The van der Waals surface area contributed by atoms with Crippen LogP contribution >= 0.6 is 12.2 Å². The van der Waals surface area contributed by atoms with Gasteiger partial charge in [0.1, 0.15) is 30.3 Å². The molecule has 0 aliphatic carbocycles. The van der Waals surface area contributed by atoms with Crippen LogP contribution in [0.5, 0.6) is 11.5 Å². The van der Waals surface area contributed by atoms with Crippen LogP contribution in [0.2, 0.25) is 0 Å². The average Bonchev–Trinajstić information content (AvgIpc) is 2.74. The first-order valence-electron chi connectivity index (χ1n) is 9.80. The maximum atomic E-state index is 11.9. The van der Waals surface area contributed by atoms with Gasteiger partial charge in [-0.2, -0.15) is 0 Å². The SMILES string of the molecule is CCC(C)c1ccc(OCCOc2ccc(C=C3C(=O)NC(=S)NC3=O)cc2)cc1. The van der Waals surface area contributed by atoms with E-state index in [0.717, 1.165) is 12.2 Å². The Labute approximate surface area is 181 Å². The van der Waals surface area contributed by atoms with Gasteiger partial charge in [-0.1, -0.05) is 38.1 Å². The summed E-state index contributed by atoms with van der Waals surface area (Å²) in [7, 11) is 0. The number of carbonyl (C=O) groups is 2. The van der Waals surface area contributed by atoms with Gasteiger partial charge in [-0.25, -0.2) is 0 Å². The summed E-state index contributed by atoms with van der Waals surface area (Å²) in [5.74, 6) is 1.000. The van der Waals surface area contributed by atoms with Crippen molar-refractivity contribution in [2.24, 2.45) is 0 Å². The molecule has 30 heavy (non-hydrogen) atoms. The van der Waals surface area contributed by atoms with Crippen LogP contribution in [0.3, 0.4) is 0 Å².